The molecule has 0 saturated heterocycles. The Morgan fingerprint density at radius 2 is 2.17 bits per heavy atom. The molecule has 0 atom stereocenters. The average Bonchev–Trinajstić information content (AvgIpc) is 2.29. The Bertz CT molecular complexity index is 271. The summed E-state index contributed by atoms with van der Waals surface area (Å²) in [6, 6.07) is 1.80. The molecule has 1 heterocycles. The van der Waals surface area contributed by atoms with Crippen molar-refractivity contribution in [3.05, 3.63) is 17.5 Å². The Balaban J connectivity index is 3.13. The molecule has 0 N–H and O–H groups in total. The highest BCUT2D eigenvalue weighted by atomic mass is 19.1. The van der Waals surface area contributed by atoms with Crippen molar-refractivity contribution in [2.24, 2.45) is 0 Å². The molecular weight excluding hydrogens is 155 g/mol. The topological polar surface area (TPSA) is 17.8 Å². The number of rotatable bonds is 2. The van der Waals surface area contributed by atoms with Gasteiger partial charge in [-0.05, 0) is 33.8 Å². The molecule has 12 heavy (non-hydrogen) atoms. The highest BCUT2D eigenvalue weighted by molar-refractivity contribution is 5.15. The van der Waals surface area contributed by atoms with Crippen LogP contribution in [0.25, 0.3) is 0 Å². The summed E-state index contributed by atoms with van der Waals surface area (Å²) in [6.07, 6.45) is 0. The van der Waals surface area contributed by atoms with Gasteiger partial charge >= 0.3 is 0 Å². The minimum atomic E-state index is -1.29. The predicted octanol–water partition coefficient (Wildman–Crippen LogP) is 2.42. The summed E-state index contributed by atoms with van der Waals surface area (Å²) in [5, 5.41) is 4.17. The third-order valence-electron chi connectivity index (χ3n) is 1.81. The van der Waals surface area contributed by atoms with Gasteiger partial charge in [0.15, 0.2) is 0 Å². The first-order valence-corrected chi connectivity index (χ1v) is 4.19. The minimum absolute atomic E-state index is 0.655. The number of hydrogen-bond donors (Lipinski definition) is 0. The van der Waals surface area contributed by atoms with Gasteiger partial charge in [-0.3, -0.25) is 4.68 Å². The highest BCUT2D eigenvalue weighted by Crippen LogP contribution is 2.24. The van der Waals surface area contributed by atoms with Gasteiger partial charge in [-0.1, -0.05) is 0 Å². The molecule has 3 heteroatoms. The Labute approximate surface area is 72.4 Å². The number of hydrogen-bond acceptors (Lipinski definition) is 1. The van der Waals surface area contributed by atoms with Crippen molar-refractivity contribution < 1.29 is 4.39 Å². The van der Waals surface area contributed by atoms with E-state index in [1.807, 2.05) is 13.8 Å². The van der Waals surface area contributed by atoms with Gasteiger partial charge in [0, 0.05) is 6.54 Å². The van der Waals surface area contributed by atoms with E-state index in [1.54, 1.807) is 24.6 Å². The van der Waals surface area contributed by atoms with E-state index < -0.39 is 5.67 Å². The number of nitrogens with zero attached hydrogens (tertiary/aromatic N) is 2. The fraction of sp³-hybridized carbons (Fsp3) is 0.667. The Hall–Kier alpha value is -0.860. The van der Waals surface area contributed by atoms with Crippen LogP contribution < -0.4 is 0 Å². The van der Waals surface area contributed by atoms with Crippen molar-refractivity contribution in [3.63, 3.8) is 0 Å². The molecule has 0 aromatic carbocycles. The van der Waals surface area contributed by atoms with Crippen LogP contribution in [-0.4, -0.2) is 9.78 Å². The third kappa shape index (κ3) is 1.65. The predicted molar refractivity (Wildman–Crippen MR) is 46.8 cm³/mol. The van der Waals surface area contributed by atoms with Crippen molar-refractivity contribution >= 4 is 0 Å². The second-order valence-corrected chi connectivity index (χ2v) is 3.46. The molecule has 0 bridgehead atoms. The molecular formula is C9H15FN2. The highest BCUT2D eigenvalue weighted by Gasteiger charge is 2.23. The number of aromatic nitrogens is 2. The summed E-state index contributed by atoms with van der Waals surface area (Å²) in [5.41, 5.74) is 0.233. The summed E-state index contributed by atoms with van der Waals surface area (Å²) in [6.45, 7) is 7.66. The Morgan fingerprint density at radius 1 is 1.58 bits per heavy atom. The lowest BCUT2D eigenvalue weighted by molar-refractivity contribution is 0.204. The summed E-state index contributed by atoms with van der Waals surface area (Å²) in [4.78, 5) is 0. The van der Waals surface area contributed by atoms with E-state index in [2.05, 4.69) is 5.10 Å². The SMILES string of the molecule is CCn1nc(C)cc1C(C)(C)F. The van der Waals surface area contributed by atoms with Gasteiger partial charge in [-0.15, -0.1) is 0 Å². The normalized spacial score (nSPS) is 12.1. The maximum Gasteiger partial charge on any atom is 0.146 e. The van der Waals surface area contributed by atoms with Crippen LogP contribution in [0.15, 0.2) is 6.07 Å². The molecule has 0 aliphatic carbocycles. The first kappa shape index (κ1) is 9.23. The van der Waals surface area contributed by atoms with E-state index in [4.69, 9.17) is 0 Å². The molecule has 1 aromatic rings. The second-order valence-electron chi connectivity index (χ2n) is 3.46. The lowest BCUT2D eigenvalue weighted by Crippen LogP contribution is -2.16. The van der Waals surface area contributed by atoms with Crippen LogP contribution in [0.2, 0.25) is 0 Å². The van der Waals surface area contributed by atoms with E-state index >= 15 is 0 Å². The maximum atomic E-state index is 13.5. The zero-order chi connectivity index (χ0) is 9.35. The molecule has 0 saturated carbocycles. The molecule has 0 unspecified atom stereocenters. The van der Waals surface area contributed by atoms with Crippen molar-refractivity contribution in [2.45, 2.75) is 39.9 Å². The zero-order valence-corrected chi connectivity index (χ0v) is 8.06. The van der Waals surface area contributed by atoms with E-state index in [9.17, 15) is 4.39 Å². The molecule has 1 rings (SSSR count). The fourth-order valence-corrected chi connectivity index (χ4v) is 1.27. The Morgan fingerprint density at radius 3 is 2.50 bits per heavy atom. The van der Waals surface area contributed by atoms with E-state index in [1.165, 1.54) is 0 Å². The number of halogens is 1. The largest absolute Gasteiger partial charge is 0.266 e. The molecule has 0 aliphatic heterocycles. The molecule has 68 valence electrons. The lowest BCUT2D eigenvalue weighted by Gasteiger charge is -2.14. The van der Waals surface area contributed by atoms with E-state index in [0.29, 0.717) is 5.69 Å². The quantitative estimate of drug-likeness (QED) is 0.666. The second kappa shape index (κ2) is 2.88. The summed E-state index contributed by atoms with van der Waals surface area (Å²) >= 11 is 0. The molecule has 0 amide bonds. The molecule has 1 aromatic heterocycles. The zero-order valence-electron chi connectivity index (χ0n) is 8.06. The van der Waals surface area contributed by atoms with Crippen LogP contribution in [0.5, 0.6) is 0 Å². The van der Waals surface area contributed by atoms with Crippen LogP contribution in [0, 0.1) is 6.92 Å². The Kier molecular flexibility index (Phi) is 2.22. The van der Waals surface area contributed by atoms with Gasteiger partial charge in [-0.2, -0.15) is 5.10 Å². The van der Waals surface area contributed by atoms with Crippen LogP contribution in [0.1, 0.15) is 32.2 Å². The summed E-state index contributed by atoms with van der Waals surface area (Å²) in [7, 11) is 0. The summed E-state index contributed by atoms with van der Waals surface area (Å²) in [5.74, 6) is 0. The van der Waals surface area contributed by atoms with Gasteiger partial charge in [0.05, 0.1) is 11.4 Å². The molecule has 0 fully saturated rings. The van der Waals surface area contributed by atoms with E-state index in [0.717, 1.165) is 12.2 Å². The number of alkyl halides is 1. The third-order valence-corrected chi connectivity index (χ3v) is 1.81. The van der Waals surface area contributed by atoms with Crippen LogP contribution in [-0.2, 0) is 12.2 Å². The maximum absolute atomic E-state index is 13.5. The minimum Gasteiger partial charge on any atom is -0.266 e. The van der Waals surface area contributed by atoms with Crippen molar-refractivity contribution in [1.29, 1.82) is 0 Å². The van der Waals surface area contributed by atoms with Crippen molar-refractivity contribution in [3.8, 4) is 0 Å². The summed E-state index contributed by atoms with van der Waals surface area (Å²) < 4.78 is 15.2. The monoisotopic (exact) mass is 170 g/mol. The van der Waals surface area contributed by atoms with Gasteiger partial charge in [-0.25, -0.2) is 4.39 Å². The molecule has 0 radical (unpaired) electrons. The smallest absolute Gasteiger partial charge is 0.146 e. The lowest BCUT2D eigenvalue weighted by atomic mass is 10.1. The molecule has 0 aliphatic rings. The average molecular weight is 170 g/mol. The standard InChI is InChI=1S/C9H15FN2/c1-5-12-8(9(3,4)10)6-7(2)11-12/h6H,5H2,1-4H3. The molecule has 0 spiro atoms. The number of aryl methyl sites for hydroxylation is 2. The van der Waals surface area contributed by atoms with Crippen LogP contribution >= 0.6 is 0 Å². The van der Waals surface area contributed by atoms with Gasteiger partial charge in [0.2, 0.25) is 0 Å². The van der Waals surface area contributed by atoms with Gasteiger partial charge in [0.25, 0.3) is 0 Å². The fourth-order valence-electron chi connectivity index (χ4n) is 1.27. The first-order valence-electron chi connectivity index (χ1n) is 4.19. The van der Waals surface area contributed by atoms with E-state index in [-0.39, 0.29) is 0 Å². The van der Waals surface area contributed by atoms with Crippen LogP contribution in [0.3, 0.4) is 0 Å². The van der Waals surface area contributed by atoms with Crippen molar-refractivity contribution in [2.75, 3.05) is 0 Å². The molecule has 2 nitrogen and oxygen atoms in total. The van der Waals surface area contributed by atoms with Gasteiger partial charge in [0.1, 0.15) is 5.67 Å². The van der Waals surface area contributed by atoms with Crippen LogP contribution in [0.4, 0.5) is 4.39 Å². The van der Waals surface area contributed by atoms with Crippen molar-refractivity contribution in [1.82, 2.24) is 9.78 Å². The van der Waals surface area contributed by atoms with Gasteiger partial charge < -0.3 is 0 Å². The first-order chi connectivity index (χ1) is 5.45.